The Balaban J connectivity index is 1.62. The molecule has 0 heterocycles. The van der Waals surface area contributed by atoms with E-state index in [0.717, 1.165) is 25.7 Å². The summed E-state index contributed by atoms with van der Waals surface area (Å²) in [7, 11) is 1.59. The van der Waals surface area contributed by atoms with Crippen molar-refractivity contribution in [2.75, 3.05) is 33.4 Å². The van der Waals surface area contributed by atoms with Crippen LogP contribution >= 0.6 is 0 Å². The van der Waals surface area contributed by atoms with Crippen LogP contribution in [0.4, 0.5) is 9.18 Å². The second-order valence-electron chi connectivity index (χ2n) is 6.71. The zero-order valence-electron chi connectivity index (χ0n) is 15.2. The second-order valence-corrected chi connectivity index (χ2v) is 6.71. The molecule has 1 saturated carbocycles. The number of carbonyl (C=O) groups excluding carboxylic acids is 2. The van der Waals surface area contributed by atoms with Crippen molar-refractivity contribution in [1.82, 2.24) is 16.0 Å². The van der Waals surface area contributed by atoms with Crippen LogP contribution in [0.2, 0.25) is 0 Å². The third-order valence-electron chi connectivity index (χ3n) is 4.78. The molecule has 0 unspecified atom stereocenters. The smallest absolute Gasteiger partial charge is 0.314 e. The number of halogens is 1. The number of methoxy groups -OCH3 is 1. The largest absolute Gasteiger partial charge is 0.383 e. The van der Waals surface area contributed by atoms with Gasteiger partial charge >= 0.3 is 6.03 Å². The third kappa shape index (κ3) is 6.63. The Labute approximate surface area is 153 Å². The molecule has 3 amide bonds. The van der Waals surface area contributed by atoms with E-state index in [-0.39, 0.29) is 17.5 Å². The van der Waals surface area contributed by atoms with Crippen molar-refractivity contribution in [3.63, 3.8) is 0 Å². The summed E-state index contributed by atoms with van der Waals surface area (Å²) in [6, 6.07) is 5.84. The zero-order chi connectivity index (χ0) is 18.8. The summed E-state index contributed by atoms with van der Waals surface area (Å²) >= 11 is 0. The summed E-state index contributed by atoms with van der Waals surface area (Å²) in [5, 5.41) is 8.45. The molecule has 0 aromatic heterocycles. The van der Waals surface area contributed by atoms with E-state index in [1.54, 1.807) is 19.2 Å². The Bertz CT molecular complexity index is 589. The topological polar surface area (TPSA) is 79.5 Å². The first-order chi connectivity index (χ1) is 12.6. The molecular weight excluding hydrogens is 337 g/mol. The first-order valence-electron chi connectivity index (χ1n) is 9.13. The normalized spacial score (nSPS) is 19.6. The Kier molecular flexibility index (Phi) is 8.34. The van der Waals surface area contributed by atoms with Crippen LogP contribution in [0.25, 0.3) is 0 Å². The predicted octanol–water partition coefficient (Wildman–Crippen LogP) is 2.31. The van der Waals surface area contributed by atoms with E-state index in [2.05, 4.69) is 16.0 Å². The number of benzene rings is 1. The van der Waals surface area contributed by atoms with Gasteiger partial charge in [-0.3, -0.25) is 4.79 Å². The maximum Gasteiger partial charge on any atom is 0.314 e. The predicted molar refractivity (Wildman–Crippen MR) is 97.5 cm³/mol. The molecule has 1 aromatic carbocycles. The van der Waals surface area contributed by atoms with E-state index in [1.165, 1.54) is 12.1 Å². The first kappa shape index (κ1) is 20.2. The van der Waals surface area contributed by atoms with E-state index < -0.39 is 5.82 Å². The van der Waals surface area contributed by atoms with Crippen LogP contribution < -0.4 is 16.0 Å². The van der Waals surface area contributed by atoms with Gasteiger partial charge in [-0.05, 0) is 49.7 Å². The van der Waals surface area contributed by atoms with Gasteiger partial charge in [-0.1, -0.05) is 12.1 Å². The fourth-order valence-corrected chi connectivity index (χ4v) is 3.18. The summed E-state index contributed by atoms with van der Waals surface area (Å²) in [5.41, 5.74) is 0.0878. The van der Waals surface area contributed by atoms with E-state index in [1.807, 2.05) is 0 Å². The van der Waals surface area contributed by atoms with Gasteiger partial charge in [0.1, 0.15) is 5.82 Å². The van der Waals surface area contributed by atoms with Crippen LogP contribution in [-0.2, 0) is 4.74 Å². The molecule has 0 radical (unpaired) electrons. The molecule has 144 valence electrons. The zero-order valence-corrected chi connectivity index (χ0v) is 15.2. The van der Waals surface area contributed by atoms with Gasteiger partial charge in [0.25, 0.3) is 5.91 Å². The van der Waals surface area contributed by atoms with Gasteiger partial charge in [0.05, 0.1) is 12.2 Å². The van der Waals surface area contributed by atoms with Gasteiger partial charge in [-0.15, -0.1) is 0 Å². The summed E-state index contributed by atoms with van der Waals surface area (Å²) in [4.78, 5) is 23.7. The monoisotopic (exact) mass is 365 g/mol. The quantitative estimate of drug-likeness (QED) is 0.619. The number of nitrogens with one attached hydrogen (secondary N) is 3. The molecule has 0 bridgehead atoms. The molecule has 0 saturated heterocycles. The Morgan fingerprint density at radius 3 is 2.27 bits per heavy atom. The second kappa shape index (κ2) is 10.8. The minimum atomic E-state index is -0.497. The highest BCUT2D eigenvalue weighted by atomic mass is 19.1. The van der Waals surface area contributed by atoms with Crippen LogP contribution in [0, 0.1) is 17.7 Å². The van der Waals surface area contributed by atoms with Crippen LogP contribution in [0.15, 0.2) is 24.3 Å². The Morgan fingerprint density at radius 1 is 1.04 bits per heavy atom. The van der Waals surface area contributed by atoms with E-state index in [4.69, 9.17) is 4.74 Å². The lowest BCUT2D eigenvalue weighted by Crippen LogP contribution is -2.40. The van der Waals surface area contributed by atoms with Crippen molar-refractivity contribution in [3.05, 3.63) is 35.6 Å². The lowest BCUT2D eigenvalue weighted by Gasteiger charge is -2.28. The standard InChI is InChI=1S/C19H28FN3O3/c1-26-11-10-21-19(25)23-13-15-8-6-14(7-9-15)12-22-18(24)16-4-2-3-5-17(16)20/h2-5,14-15H,6-13H2,1H3,(H,22,24)(H2,21,23,25). The maximum absolute atomic E-state index is 13.6. The van der Waals surface area contributed by atoms with Crippen molar-refractivity contribution in [2.24, 2.45) is 11.8 Å². The molecular formula is C19H28FN3O3. The lowest BCUT2D eigenvalue weighted by molar-refractivity contribution is 0.0937. The first-order valence-corrected chi connectivity index (χ1v) is 9.13. The molecule has 1 aromatic rings. The molecule has 0 spiro atoms. The third-order valence-corrected chi connectivity index (χ3v) is 4.78. The Morgan fingerprint density at radius 2 is 1.65 bits per heavy atom. The fourth-order valence-electron chi connectivity index (χ4n) is 3.18. The summed E-state index contributed by atoms with van der Waals surface area (Å²) in [6.45, 7) is 2.21. The highest BCUT2D eigenvalue weighted by molar-refractivity contribution is 5.94. The molecule has 1 aliphatic rings. The van der Waals surface area contributed by atoms with E-state index in [0.29, 0.717) is 38.1 Å². The number of rotatable bonds is 8. The number of ether oxygens (including phenoxy) is 1. The number of carbonyl (C=O) groups is 2. The summed E-state index contributed by atoms with van der Waals surface area (Å²) in [5.74, 6) is 0.00220. The minimum Gasteiger partial charge on any atom is -0.383 e. The van der Waals surface area contributed by atoms with Crippen molar-refractivity contribution < 1.29 is 18.7 Å². The molecule has 3 N–H and O–H groups in total. The van der Waals surface area contributed by atoms with Crippen molar-refractivity contribution in [1.29, 1.82) is 0 Å². The van der Waals surface area contributed by atoms with Gasteiger partial charge in [-0.2, -0.15) is 0 Å². The molecule has 0 aliphatic heterocycles. The number of amides is 3. The highest BCUT2D eigenvalue weighted by Gasteiger charge is 2.22. The van der Waals surface area contributed by atoms with E-state index >= 15 is 0 Å². The molecule has 7 heteroatoms. The number of hydrogen-bond donors (Lipinski definition) is 3. The van der Waals surface area contributed by atoms with Gasteiger partial charge in [0, 0.05) is 26.7 Å². The average molecular weight is 365 g/mol. The van der Waals surface area contributed by atoms with Gasteiger partial charge in [0.2, 0.25) is 0 Å². The number of hydrogen-bond acceptors (Lipinski definition) is 3. The van der Waals surface area contributed by atoms with E-state index in [9.17, 15) is 14.0 Å². The highest BCUT2D eigenvalue weighted by Crippen LogP contribution is 2.28. The van der Waals surface area contributed by atoms with Crippen molar-refractivity contribution in [3.8, 4) is 0 Å². The van der Waals surface area contributed by atoms with Crippen molar-refractivity contribution in [2.45, 2.75) is 25.7 Å². The van der Waals surface area contributed by atoms with Gasteiger partial charge in [-0.25, -0.2) is 9.18 Å². The molecule has 0 atom stereocenters. The van der Waals surface area contributed by atoms with Crippen LogP contribution in [-0.4, -0.2) is 45.3 Å². The molecule has 2 rings (SSSR count). The van der Waals surface area contributed by atoms with Crippen LogP contribution in [0.5, 0.6) is 0 Å². The summed E-state index contributed by atoms with van der Waals surface area (Å²) < 4.78 is 18.5. The maximum atomic E-state index is 13.6. The van der Waals surface area contributed by atoms with Crippen LogP contribution in [0.3, 0.4) is 0 Å². The lowest BCUT2D eigenvalue weighted by atomic mass is 9.82. The summed E-state index contributed by atoms with van der Waals surface area (Å²) in [6.07, 6.45) is 4.02. The molecule has 1 aliphatic carbocycles. The van der Waals surface area contributed by atoms with Gasteiger partial charge in [0.15, 0.2) is 0 Å². The van der Waals surface area contributed by atoms with Crippen LogP contribution in [0.1, 0.15) is 36.0 Å². The fraction of sp³-hybridized carbons (Fsp3) is 0.579. The molecule has 26 heavy (non-hydrogen) atoms. The molecule has 1 fully saturated rings. The van der Waals surface area contributed by atoms with Crippen molar-refractivity contribution >= 4 is 11.9 Å². The van der Waals surface area contributed by atoms with Gasteiger partial charge < -0.3 is 20.7 Å². The SMILES string of the molecule is COCCNC(=O)NCC1CCC(CNC(=O)c2ccccc2F)CC1. The molecule has 6 nitrogen and oxygen atoms in total. The minimum absolute atomic E-state index is 0.0878. The number of urea groups is 1. The average Bonchev–Trinajstić information content (AvgIpc) is 2.66. The Hall–Kier alpha value is -2.15.